The zero-order valence-corrected chi connectivity index (χ0v) is 12.8. The van der Waals surface area contributed by atoms with Crippen molar-refractivity contribution in [3.63, 3.8) is 0 Å². The molecule has 0 aliphatic carbocycles. The van der Waals surface area contributed by atoms with Crippen LogP contribution in [0.3, 0.4) is 0 Å². The van der Waals surface area contributed by atoms with Gasteiger partial charge in [-0.3, -0.25) is 4.79 Å². The van der Waals surface area contributed by atoms with Gasteiger partial charge in [-0.2, -0.15) is 4.68 Å². The number of aromatic nitrogens is 2. The van der Waals surface area contributed by atoms with E-state index >= 15 is 0 Å². The number of carbonyl (C=O) groups is 1. The molecule has 0 radical (unpaired) electrons. The summed E-state index contributed by atoms with van der Waals surface area (Å²) >= 11 is 0. The molecule has 3 rings (SSSR count). The third-order valence-corrected chi connectivity index (χ3v) is 3.38. The lowest BCUT2D eigenvalue weighted by Gasteiger charge is -2.16. The predicted octanol–water partition coefficient (Wildman–Crippen LogP) is 1.89. The molecule has 1 aromatic carbocycles. The van der Waals surface area contributed by atoms with Crippen molar-refractivity contribution in [1.29, 1.82) is 0 Å². The van der Waals surface area contributed by atoms with E-state index in [4.69, 9.17) is 8.83 Å². The highest BCUT2D eigenvalue weighted by Crippen LogP contribution is 2.15. The van der Waals surface area contributed by atoms with Crippen molar-refractivity contribution in [2.24, 2.45) is 0 Å². The Kier molecular flexibility index (Phi) is 4.28. The number of furan rings is 1. The van der Waals surface area contributed by atoms with Gasteiger partial charge in [0.2, 0.25) is 5.91 Å². The van der Waals surface area contributed by atoms with Crippen LogP contribution in [0.15, 0.2) is 56.3 Å². The SMILES string of the molecule is CN(Cc1ccc(F)cc1)C(=O)Cn1nc(-c2ccco2)oc1=O. The number of hydrogen-bond donors (Lipinski definition) is 0. The van der Waals surface area contributed by atoms with Crippen molar-refractivity contribution in [2.45, 2.75) is 13.1 Å². The number of amides is 1. The van der Waals surface area contributed by atoms with Gasteiger partial charge in [0.15, 0.2) is 5.76 Å². The number of benzene rings is 1. The second-order valence-corrected chi connectivity index (χ2v) is 5.18. The van der Waals surface area contributed by atoms with Crippen LogP contribution in [0.4, 0.5) is 4.39 Å². The molecule has 0 bridgehead atoms. The molecule has 8 heteroatoms. The van der Waals surface area contributed by atoms with Gasteiger partial charge in [-0.15, -0.1) is 5.10 Å². The van der Waals surface area contributed by atoms with Crippen LogP contribution >= 0.6 is 0 Å². The van der Waals surface area contributed by atoms with Crippen LogP contribution in [0.25, 0.3) is 11.7 Å². The summed E-state index contributed by atoms with van der Waals surface area (Å²) in [5.41, 5.74) is 0.774. The van der Waals surface area contributed by atoms with E-state index in [1.807, 2.05) is 0 Å². The minimum Gasteiger partial charge on any atom is -0.459 e. The zero-order chi connectivity index (χ0) is 17.1. The summed E-state index contributed by atoms with van der Waals surface area (Å²) in [5, 5.41) is 3.94. The summed E-state index contributed by atoms with van der Waals surface area (Å²) in [7, 11) is 1.59. The van der Waals surface area contributed by atoms with Crippen molar-refractivity contribution >= 4 is 5.91 Å². The first-order valence-electron chi connectivity index (χ1n) is 7.13. The fourth-order valence-electron chi connectivity index (χ4n) is 2.11. The van der Waals surface area contributed by atoms with Gasteiger partial charge < -0.3 is 13.7 Å². The monoisotopic (exact) mass is 331 g/mol. The van der Waals surface area contributed by atoms with Crippen LogP contribution < -0.4 is 5.76 Å². The molecule has 0 atom stereocenters. The molecule has 124 valence electrons. The van der Waals surface area contributed by atoms with Gasteiger partial charge in [-0.25, -0.2) is 9.18 Å². The quantitative estimate of drug-likeness (QED) is 0.713. The molecule has 7 nitrogen and oxygen atoms in total. The molecule has 0 unspecified atom stereocenters. The third kappa shape index (κ3) is 3.43. The maximum Gasteiger partial charge on any atom is 0.437 e. The Morgan fingerprint density at radius 1 is 1.29 bits per heavy atom. The van der Waals surface area contributed by atoms with Gasteiger partial charge in [0.1, 0.15) is 12.4 Å². The Balaban J connectivity index is 1.68. The van der Waals surface area contributed by atoms with E-state index in [1.165, 1.54) is 23.3 Å². The predicted molar refractivity (Wildman–Crippen MR) is 81.3 cm³/mol. The average Bonchev–Trinajstić information content (AvgIpc) is 3.20. The average molecular weight is 331 g/mol. The molecule has 24 heavy (non-hydrogen) atoms. The lowest BCUT2D eigenvalue weighted by Crippen LogP contribution is -2.33. The van der Waals surface area contributed by atoms with E-state index in [0.717, 1.165) is 10.2 Å². The third-order valence-electron chi connectivity index (χ3n) is 3.38. The highest BCUT2D eigenvalue weighted by molar-refractivity contribution is 5.75. The van der Waals surface area contributed by atoms with E-state index in [0.29, 0.717) is 5.76 Å². The fraction of sp³-hybridized carbons (Fsp3) is 0.188. The second-order valence-electron chi connectivity index (χ2n) is 5.18. The summed E-state index contributed by atoms with van der Waals surface area (Å²) in [5.74, 6) is -1.10. The Morgan fingerprint density at radius 3 is 2.71 bits per heavy atom. The molecule has 2 aromatic heterocycles. The maximum atomic E-state index is 12.9. The summed E-state index contributed by atoms with van der Waals surface area (Å²) in [6, 6.07) is 9.07. The van der Waals surface area contributed by atoms with E-state index in [-0.39, 0.29) is 30.7 Å². The van der Waals surface area contributed by atoms with Crippen molar-refractivity contribution in [3.8, 4) is 11.7 Å². The first-order valence-corrected chi connectivity index (χ1v) is 7.13. The van der Waals surface area contributed by atoms with Gasteiger partial charge in [0, 0.05) is 13.6 Å². The minimum atomic E-state index is -0.745. The highest BCUT2D eigenvalue weighted by Gasteiger charge is 2.17. The summed E-state index contributed by atoms with van der Waals surface area (Å²) in [6.07, 6.45) is 1.43. The molecule has 1 amide bonds. The molecule has 0 saturated carbocycles. The normalized spacial score (nSPS) is 10.8. The molecule has 0 aliphatic rings. The molecular weight excluding hydrogens is 317 g/mol. The summed E-state index contributed by atoms with van der Waals surface area (Å²) in [6.45, 7) is 0.0253. The topological polar surface area (TPSA) is 81.5 Å². The van der Waals surface area contributed by atoms with Gasteiger partial charge in [0.05, 0.1) is 6.26 Å². The number of rotatable bonds is 5. The molecule has 0 aliphatic heterocycles. The van der Waals surface area contributed by atoms with Gasteiger partial charge in [-0.05, 0) is 29.8 Å². The molecule has 0 fully saturated rings. The first-order chi connectivity index (χ1) is 11.5. The largest absolute Gasteiger partial charge is 0.459 e. The lowest BCUT2D eigenvalue weighted by atomic mass is 10.2. The highest BCUT2D eigenvalue weighted by atomic mass is 19.1. The second kappa shape index (κ2) is 6.53. The van der Waals surface area contributed by atoms with Crippen molar-refractivity contribution in [2.75, 3.05) is 7.05 Å². The van der Waals surface area contributed by atoms with Crippen LogP contribution in [0.1, 0.15) is 5.56 Å². The number of likely N-dealkylation sites (N-methyl/N-ethyl adjacent to an activating group) is 1. The molecule has 3 aromatic rings. The van der Waals surface area contributed by atoms with Crippen molar-refractivity contribution in [3.05, 3.63) is 64.6 Å². The molecular formula is C16H14FN3O4. The molecule has 0 spiro atoms. The van der Waals surface area contributed by atoms with E-state index in [9.17, 15) is 14.0 Å². The zero-order valence-electron chi connectivity index (χ0n) is 12.8. The first kappa shape index (κ1) is 15.7. The smallest absolute Gasteiger partial charge is 0.437 e. The number of hydrogen-bond acceptors (Lipinski definition) is 5. The van der Waals surface area contributed by atoms with E-state index in [2.05, 4.69) is 5.10 Å². The van der Waals surface area contributed by atoms with E-state index < -0.39 is 5.76 Å². The summed E-state index contributed by atoms with van der Waals surface area (Å²) < 4.78 is 23.9. The van der Waals surface area contributed by atoms with Crippen LogP contribution in [0, 0.1) is 5.82 Å². The number of halogens is 1. The van der Waals surface area contributed by atoms with Crippen LogP contribution in [-0.2, 0) is 17.9 Å². The van der Waals surface area contributed by atoms with Gasteiger partial charge in [0.25, 0.3) is 5.89 Å². The van der Waals surface area contributed by atoms with Gasteiger partial charge in [-0.1, -0.05) is 12.1 Å². The maximum absolute atomic E-state index is 12.9. The van der Waals surface area contributed by atoms with Crippen molar-refractivity contribution in [1.82, 2.24) is 14.7 Å². The van der Waals surface area contributed by atoms with E-state index in [1.54, 1.807) is 31.3 Å². The fourth-order valence-corrected chi connectivity index (χ4v) is 2.11. The standard InChI is InChI=1S/C16H14FN3O4/c1-19(9-11-4-6-12(17)7-5-11)14(21)10-20-16(22)24-15(18-20)13-3-2-8-23-13/h2-8H,9-10H2,1H3. The lowest BCUT2D eigenvalue weighted by molar-refractivity contribution is -0.131. The Hall–Kier alpha value is -3.16. The minimum absolute atomic E-state index is 0.0130. The number of nitrogens with zero attached hydrogens (tertiary/aromatic N) is 3. The van der Waals surface area contributed by atoms with Crippen LogP contribution in [0.2, 0.25) is 0 Å². The van der Waals surface area contributed by atoms with Gasteiger partial charge >= 0.3 is 5.76 Å². The summed E-state index contributed by atoms with van der Waals surface area (Å²) in [4.78, 5) is 25.4. The van der Waals surface area contributed by atoms with Crippen LogP contribution in [-0.4, -0.2) is 27.6 Å². The van der Waals surface area contributed by atoms with Crippen LogP contribution in [0.5, 0.6) is 0 Å². The Bertz CT molecular complexity index is 881. The van der Waals surface area contributed by atoms with Crippen molar-refractivity contribution < 1.29 is 18.0 Å². The molecule has 0 N–H and O–H groups in total. The Labute approximate surface area is 135 Å². The number of carbonyl (C=O) groups excluding carboxylic acids is 1. The Morgan fingerprint density at radius 2 is 2.04 bits per heavy atom. The molecule has 0 saturated heterocycles. The molecule has 2 heterocycles.